The van der Waals surface area contributed by atoms with Gasteiger partial charge in [-0.2, -0.15) is 0 Å². The Kier molecular flexibility index (Phi) is 29.1. The monoisotopic (exact) mass is 618 g/mol. The van der Waals surface area contributed by atoms with E-state index >= 15 is 0 Å². The zero-order valence-corrected chi connectivity index (χ0v) is 30.6. The van der Waals surface area contributed by atoms with E-state index in [0.29, 0.717) is 0 Å². The third-order valence-electron chi connectivity index (χ3n) is 9.45. The minimum atomic E-state index is -0.310. The first-order chi connectivity index (χ1) is 21.6. The van der Waals surface area contributed by atoms with E-state index in [1.165, 1.54) is 167 Å². The Morgan fingerprint density at radius 3 is 1.27 bits per heavy atom. The standard InChI is InChI=1S/C41H79NO2/c1-5-7-9-11-13-15-17-19-21-23-25-27-29-31-33-36-41(43-39-40(44-41)35-38-42(3)4)37-34-32-30-28-26-24-22-20-18-16-14-12-10-8-6-2/h19-22,40H,5-18,23-39H2,1-4H3/b21-19+,22-20+. The molecule has 0 radical (unpaired) electrons. The molecule has 0 N–H and O–H groups in total. The molecular weight excluding hydrogens is 538 g/mol. The summed E-state index contributed by atoms with van der Waals surface area (Å²) in [7, 11) is 4.31. The molecule has 1 rings (SSSR count). The number of rotatable bonds is 33. The summed E-state index contributed by atoms with van der Waals surface area (Å²) < 4.78 is 13.1. The molecule has 3 nitrogen and oxygen atoms in total. The van der Waals surface area contributed by atoms with Crippen LogP contribution in [0.4, 0.5) is 0 Å². The molecule has 0 aromatic carbocycles. The molecule has 0 aliphatic carbocycles. The van der Waals surface area contributed by atoms with Crippen LogP contribution in [0.3, 0.4) is 0 Å². The lowest BCUT2D eigenvalue weighted by molar-refractivity contribution is -0.180. The van der Waals surface area contributed by atoms with Gasteiger partial charge in [-0.05, 0) is 84.7 Å². The number of unbranched alkanes of at least 4 members (excludes halogenated alkanes) is 22. The molecule has 1 unspecified atom stereocenters. The zero-order valence-electron chi connectivity index (χ0n) is 30.6. The van der Waals surface area contributed by atoms with E-state index in [1.54, 1.807) is 0 Å². The molecule has 0 bridgehead atoms. The lowest BCUT2D eigenvalue weighted by Gasteiger charge is -2.29. The Bertz CT molecular complexity index is 603. The third kappa shape index (κ3) is 25.5. The summed E-state index contributed by atoms with van der Waals surface area (Å²) in [5.74, 6) is -0.310. The van der Waals surface area contributed by atoms with Gasteiger partial charge in [-0.25, -0.2) is 0 Å². The topological polar surface area (TPSA) is 21.7 Å². The number of hydrogen-bond acceptors (Lipinski definition) is 3. The second kappa shape index (κ2) is 31.0. The largest absolute Gasteiger partial charge is 0.347 e. The van der Waals surface area contributed by atoms with Crippen LogP contribution in [0.15, 0.2) is 24.3 Å². The molecule has 1 saturated heterocycles. The van der Waals surface area contributed by atoms with E-state index in [0.717, 1.165) is 32.4 Å². The Labute approximate surface area is 277 Å². The van der Waals surface area contributed by atoms with Gasteiger partial charge in [0.1, 0.15) is 0 Å². The van der Waals surface area contributed by atoms with Gasteiger partial charge in [0.25, 0.3) is 0 Å². The summed E-state index contributed by atoms with van der Waals surface area (Å²) in [4.78, 5) is 2.26. The Hall–Kier alpha value is -0.640. The second-order valence-corrected chi connectivity index (χ2v) is 14.2. The van der Waals surface area contributed by atoms with Crippen molar-refractivity contribution < 1.29 is 9.47 Å². The van der Waals surface area contributed by atoms with Crippen LogP contribution in [0, 0.1) is 0 Å². The highest BCUT2D eigenvalue weighted by Gasteiger charge is 2.40. The van der Waals surface area contributed by atoms with Gasteiger partial charge < -0.3 is 14.4 Å². The zero-order chi connectivity index (χ0) is 31.8. The van der Waals surface area contributed by atoms with E-state index in [1.807, 2.05) is 0 Å². The highest BCUT2D eigenvalue weighted by molar-refractivity contribution is 4.83. The summed E-state index contributed by atoms with van der Waals surface area (Å²) in [6, 6.07) is 0. The molecule has 260 valence electrons. The van der Waals surface area contributed by atoms with E-state index in [4.69, 9.17) is 9.47 Å². The van der Waals surface area contributed by atoms with Gasteiger partial charge in [-0.1, -0.05) is 141 Å². The fourth-order valence-corrected chi connectivity index (χ4v) is 6.48. The van der Waals surface area contributed by atoms with Gasteiger partial charge >= 0.3 is 0 Å². The van der Waals surface area contributed by atoms with Gasteiger partial charge in [0.2, 0.25) is 0 Å². The maximum atomic E-state index is 6.67. The first-order valence-electron chi connectivity index (χ1n) is 19.9. The summed E-state index contributed by atoms with van der Waals surface area (Å²) in [5.41, 5.74) is 0. The fourth-order valence-electron chi connectivity index (χ4n) is 6.48. The molecule has 0 spiro atoms. The Morgan fingerprint density at radius 1 is 0.523 bits per heavy atom. The fraction of sp³-hybridized carbons (Fsp3) is 0.902. The van der Waals surface area contributed by atoms with Crippen LogP contribution in [-0.4, -0.2) is 44.0 Å². The maximum Gasteiger partial charge on any atom is 0.168 e. The third-order valence-corrected chi connectivity index (χ3v) is 9.45. The molecule has 1 aliphatic rings. The molecule has 1 atom stereocenters. The van der Waals surface area contributed by atoms with Crippen LogP contribution in [0.1, 0.15) is 200 Å². The minimum Gasteiger partial charge on any atom is -0.347 e. The van der Waals surface area contributed by atoms with Crippen molar-refractivity contribution in [3.05, 3.63) is 24.3 Å². The molecule has 0 aromatic heterocycles. The van der Waals surface area contributed by atoms with Crippen molar-refractivity contribution in [1.82, 2.24) is 4.90 Å². The van der Waals surface area contributed by atoms with Gasteiger partial charge in [-0.3, -0.25) is 0 Å². The minimum absolute atomic E-state index is 0.267. The van der Waals surface area contributed by atoms with Crippen molar-refractivity contribution in [2.75, 3.05) is 27.2 Å². The molecule has 0 aromatic rings. The Balaban J connectivity index is 2.15. The normalized spacial score (nSPS) is 16.8. The summed E-state index contributed by atoms with van der Waals surface area (Å²) >= 11 is 0. The van der Waals surface area contributed by atoms with Crippen LogP contribution in [0.5, 0.6) is 0 Å². The highest BCUT2D eigenvalue weighted by Crippen LogP contribution is 2.35. The first-order valence-corrected chi connectivity index (χ1v) is 19.9. The molecule has 3 heteroatoms. The lowest BCUT2D eigenvalue weighted by atomic mass is 9.99. The van der Waals surface area contributed by atoms with Crippen LogP contribution in [-0.2, 0) is 9.47 Å². The van der Waals surface area contributed by atoms with E-state index in [2.05, 4.69) is 57.1 Å². The molecule has 1 aliphatic heterocycles. The molecule has 1 heterocycles. The molecule has 44 heavy (non-hydrogen) atoms. The number of hydrogen-bond donors (Lipinski definition) is 0. The molecular formula is C41H79NO2. The van der Waals surface area contributed by atoms with E-state index in [-0.39, 0.29) is 11.9 Å². The van der Waals surface area contributed by atoms with Crippen molar-refractivity contribution in [1.29, 1.82) is 0 Å². The predicted octanol–water partition coefficient (Wildman–Crippen LogP) is 13.1. The molecule has 0 saturated carbocycles. The van der Waals surface area contributed by atoms with E-state index in [9.17, 15) is 0 Å². The predicted molar refractivity (Wildman–Crippen MR) is 196 cm³/mol. The second-order valence-electron chi connectivity index (χ2n) is 14.2. The smallest absolute Gasteiger partial charge is 0.168 e. The summed E-state index contributed by atoms with van der Waals surface area (Å²) in [5, 5.41) is 0. The summed E-state index contributed by atoms with van der Waals surface area (Å²) in [6.45, 7) is 6.44. The van der Waals surface area contributed by atoms with Crippen molar-refractivity contribution in [3.63, 3.8) is 0 Å². The van der Waals surface area contributed by atoms with E-state index < -0.39 is 0 Å². The average molecular weight is 618 g/mol. The quantitative estimate of drug-likeness (QED) is 0.0540. The number of nitrogens with zero attached hydrogens (tertiary/aromatic N) is 1. The highest BCUT2D eigenvalue weighted by atomic mass is 16.7. The molecule has 0 amide bonds. The van der Waals surface area contributed by atoms with Gasteiger partial charge in [0.05, 0.1) is 12.7 Å². The molecule has 1 fully saturated rings. The van der Waals surface area contributed by atoms with Gasteiger partial charge in [0, 0.05) is 19.4 Å². The lowest BCUT2D eigenvalue weighted by Crippen LogP contribution is -2.31. The van der Waals surface area contributed by atoms with Crippen molar-refractivity contribution in [3.8, 4) is 0 Å². The van der Waals surface area contributed by atoms with Crippen LogP contribution >= 0.6 is 0 Å². The van der Waals surface area contributed by atoms with Gasteiger partial charge in [-0.15, -0.1) is 0 Å². The maximum absolute atomic E-state index is 6.67. The van der Waals surface area contributed by atoms with Crippen LogP contribution in [0.25, 0.3) is 0 Å². The van der Waals surface area contributed by atoms with Crippen LogP contribution < -0.4 is 0 Å². The average Bonchev–Trinajstić information content (AvgIpc) is 3.43. The Morgan fingerprint density at radius 2 is 0.886 bits per heavy atom. The van der Waals surface area contributed by atoms with Crippen LogP contribution in [0.2, 0.25) is 0 Å². The number of allylic oxidation sites excluding steroid dienone is 4. The SMILES string of the molecule is CCCCCCCC/C=C/CCCCCCCC1(CCCCCCC/C=C/CCCCCCCC)OCC(CCN(C)C)O1. The first kappa shape index (κ1) is 41.4. The van der Waals surface area contributed by atoms with Gasteiger partial charge in [0.15, 0.2) is 5.79 Å². The van der Waals surface area contributed by atoms with Crippen molar-refractivity contribution in [2.45, 2.75) is 212 Å². The van der Waals surface area contributed by atoms with Crippen molar-refractivity contribution >= 4 is 0 Å². The number of ether oxygens (including phenoxy) is 2. The summed E-state index contributed by atoms with van der Waals surface area (Å²) in [6.07, 6.45) is 48.2. The van der Waals surface area contributed by atoms with Crippen molar-refractivity contribution in [2.24, 2.45) is 0 Å².